The van der Waals surface area contributed by atoms with E-state index >= 15 is 0 Å². The summed E-state index contributed by atoms with van der Waals surface area (Å²) >= 11 is 0. The van der Waals surface area contributed by atoms with Crippen LogP contribution in [0.2, 0.25) is 0 Å². The van der Waals surface area contributed by atoms with Crippen molar-refractivity contribution in [2.75, 3.05) is 16.8 Å². The standard InChI is InChI=1S/C18H23N5/c1-2-9-15(10-3-1)20-17-13-19-22-18(21-17)23-12-6-8-14-7-4-5-11-16(14)23/h4-5,7,11,13,15H,1-3,6,8-10,12H2,(H,20,21,22). The van der Waals surface area contributed by atoms with Crippen LogP contribution in [0.1, 0.15) is 44.1 Å². The molecule has 5 heteroatoms. The number of aromatic nitrogens is 3. The van der Waals surface area contributed by atoms with E-state index in [0.717, 1.165) is 25.2 Å². The normalized spacial score (nSPS) is 18.5. The van der Waals surface area contributed by atoms with Gasteiger partial charge in [0.2, 0.25) is 0 Å². The van der Waals surface area contributed by atoms with Crippen molar-refractivity contribution in [1.29, 1.82) is 0 Å². The van der Waals surface area contributed by atoms with Gasteiger partial charge in [0.15, 0.2) is 5.82 Å². The highest BCUT2D eigenvalue weighted by Gasteiger charge is 2.21. The Hall–Kier alpha value is -2.17. The molecule has 0 bridgehead atoms. The molecule has 4 rings (SSSR count). The molecule has 1 aliphatic carbocycles. The fourth-order valence-corrected chi connectivity index (χ4v) is 3.68. The van der Waals surface area contributed by atoms with Crippen LogP contribution < -0.4 is 10.2 Å². The third-order valence-corrected chi connectivity index (χ3v) is 4.86. The second-order valence-electron chi connectivity index (χ2n) is 6.50. The second kappa shape index (κ2) is 6.52. The first-order valence-corrected chi connectivity index (χ1v) is 8.72. The van der Waals surface area contributed by atoms with Gasteiger partial charge in [0.05, 0.1) is 6.20 Å². The Balaban J connectivity index is 1.57. The van der Waals surface area contributed by atoms with E-state index in [4.69, 9.17) is 4.98 Å². The quantitative estimate of drug-likeness (QED) is 0.937. The van der Waals surface area contributed by atoms with Gasteiger partial charge in [-0.05, 0) is 37.3 Å². The third kappa shape index (κ3) is 3.14. The van der Waals surface area contributed by atoms with Crippen molar-refractivity contribution in [3.63, 3.8) is 0 Å². The average Bonchev–Trinajstić information content (AvgIpc) is 2.62. The van der Waals surface area contributed by atoms with E-state index in [1.165, 1.54) is 43.4 Å². The maximum Gasteiger partial charge on any atom is 0.251 e. The Morgan fingerprint density at radius 3 is 2.83 bits per heavy atom. The van der Waals surface area contributed by atoms with Crippen molar-refractivity contribution >= 4 is 17.5 Å². The summed E-state index contributed by atoms with van der Waals surface area (Å²) in [5.74, 6) is 1.56. The van der Waals surface area contributed by atoms with E-state index < -0.39 is 0 Å². The molecule has 2 aromatic rings. The molecule has 2 heterocycles. The molecule has 5 nitrogen and oxygen atoms in total. The number of nitrogens with zero attached hydrogens (tertiary/aromatic N) is 4. The number of para-hydroxylation sites is 1. The van der Waals surface area contributed by atoms with Gasteiger partial charge >= 0.3 is 0 Å². The molecule has 0 amide bonds. The lowest BCUT2D eigenvalue weighted by Crippen LogP contribution is -2.27. The smallest absolute Gasteiger partial charge is 0.251 e. The minimum atomic E-state index is 0.530. The molecule has 120 valence electrons. The summed E-state index contributed by atoms with van der Waals surface area (Å²) in [5.41, 5.74) is 2.59. The molecule has 0 spiro atoms. The van der Waals surface area contributed by atoms with Gasteiger partial charge in [-0.15, -0.1) is 5.10 Å². The number of nitrogens with one attached hydrogen (secondary N) is 1. The van der Waals surface area contributed by atoms with Gasteiger partial charge in [-0.2, -0.15) is 10.1 Å². The lowest BCUT2D eigenvalue weighted by molar-refractivity contribution is 0.461. The predicted octanol–water partition coefficient (Wildman–Crippen LogP) is 3.70. The zero-order valence-electron chi connectivity index (χ0n) is 13.4. The first-order chi connectivity index (χ1) is 11.4. The maximum atomic E-state index is 4.73. The number of fused-ring (bicyclic) bond motifs is 1. The fourth-order valence-electron chi connectivity index (χ4n) is 3.68. The summed E-state index contributed by atoms with van der Waals surface area (Å²) in [5, 5.41) is 12.0. The van der Waals surface area contributed by atoms with Gasteiger partial charge in [-0.25, -0.2) is 0 Å². The van der Waals surface area contributed by atoms with Crippen LogP contribution >= 0.6 is 0 Å². The summed E-state index contributed by atoms with van der Waals surface area (Å²) in [6.07, 6.45) is 10.4. The van der Waals surface area contributed by atoms with Gasteiger partial charge in [0.1, 0.15) is 0 Å². The molecule has 0 saturated heterocycles. The van der Waals surface area contributed by atoms with E-state index in [1.54, 1.807) is 6.20 Å². The molecule has 0 radical (unpaired) electrons. The van der Waals surface area contributed by atoms with Gasteiger partial charge in [0.25, 0.3) is 5.95 Å². The Morgan fingerprint density at radius 2 is 1.91 bits per heavy atom. The number of aryl methyl sites for hydroxylation is 1. The number of rotatable bonds is 3. The molecule has 0 unspecified atom stereocenters. The molecular weight excluding hydrogens is 286 g/mol. The average molecular weight is 309 g/mol. The lowest BCUT2D eigenvalue weighted by Gasteiger charge is -2.29. The van der Waals surface area contributed by atoms with Crippen molar-refractivity contribution in [3.8, 4) is 0 Å². The highest BCUT2D eigenvalue weighted by molar-refractivity contribution is 5.63. The van der Waals surface area contributed by atoms with E-state index in [9.17, 15) is 0 Å². The van der Waals surface area contributed by atoms with Gasteiger partial charge in [-0.1, -0.05) is 37.5 Å². The number of anilines is 3. The summed E-state index contributed by atoms with van der Waals surface area (Å²) < 4.78 is 0. The van der Waals surface area contributed by atoms with Crippen LogP contribution in [0, 0.1) is 0 Å². The highest BCUT2D eigenvalue weighted by atomic mass is 15.3. The lowest BCUT2D eigenvalue weighted by atomic mass is 9.96. The first-order valence-electron chi connectivity index (χ1n) is 8.72. The molecule has 1 N–H and O–H groups in total. The van der Waals surface area contributed by atoms with Crippen molar-refractivity contribution < 1.29 is 0 Å². The van der Waals surface area contributed by atoms with Crippen molar-refractivity contribution in [1.82, 2.24) is 15.2 Å². The predicted molar refractivity (Wildman–Crippen MR) is 92.1 cm³/mol. The zero-order chi connectivity index (χ0) is 15.5. The zero-order valence-corrected chi connectivity index (χ0v) is 13.4. The van der Waals surface area contributed by atoms with Gasteiger partial charge in [-0.3, -0.25) is 0 Å². The van der Waals surface area contributed by atoms with E-state index in [1.807, 2.05) is 0 Å². The van der Waals surface area contributed by atoms with Crippen LogP contribution in [0.4, 0.5) is 17.5 Å². The molecule has 1 aromatic heterocycles. The first kappa shape index (κ1) is 14.4. The monoisotopic (exact) mass is 309 g/mol. The van der Waals surface area contributed by atoms with Crippen LogP contribution in [0.3, 0.4) is 0 Å². The Morgan fingerprint density at radius 1 is 1.04 bits per heavy atom. The summed E-state index contributed by atoms with van der Waals surface area (Å²) in [7, 11) is 0. The molecule has 1 aliphatic heterocycles. The molecular formula is C18H23N5. The molecule has 1 fully saturated rings. The minimum absolute atomic E-state index is 0.530. The largest absolute Gasteiger partial charge is 0.366 e. The molecule has 0 atom stereocenters. The van der Waals surface area contributed by atoms with E-state index in [-0.39, 0.29) is 0 Å². The fraction of sp³-hybridized carbons (Fsp3) is 0.500. The van der Waals surface area contributed by atoms with Gasteiger partial charge in [0, 0.05) is 18.3 Å². The number of benzene rings is 1. The van der Waals surface area contributed by atoms with Crippen LogP contribution in [-0.2, 0) is 6.42 Å². The molecule has 23 heavy (non-hydrogen) atoms. The maximum absolute atomic E-state index is 4.73. The van der Waals surface area contributed by atoms with E-state index in [2.05, 4.69) is 44.7 Å². The third-order valence-electron chi connectivity index (χ3n) is 4.86. The molecule has 1 aromatic carbocycles. The highest BCUT2D eigenvalue weighted by Crippen LogP contribution is 2.31. The summed E-state index contributed by atoms with van der Waals surface area (Å²) in [4.78, 5) is 6.92. The molecule has 1 saturated carbocycles. The SMILES string of the molecule is c1ccc2c(c1)CCCN2c1nncc(NC2CCCCC2)n1. The topological polar surface area (TPSA) is 53.9 Å². The van der Waals surface area contributed by atoms with Crippen LogP contribution in [0.5, 0.6) is 0 Å². The van der Waals surface area contributed by atoms with Crippen LogP contribution in [0.15, 0.2) is 30.5 Å². The van der Waals surface area contributed by atoms with Crippen molar-refractivity contribution in [2.45, 2.75) is 51.0 Å². The second-order valence-corrected chi connectivity index (χ2v) is 6.50. The van der Waals surface area contributed by atoms with Crippen molar-refractivity contribution in [2.24, 2.45) is 0 Å². The van der Waals surface area contributed by atoms with E-state index in [0.29, 0.717) is 12.0 Å². The van der Waals surface area contributed by atoms with Crippen LogP contribution in [0.25, 0.3) is 0 Å². The minimum Gasteiger partial charge on any atom is -0.366 e. The number of hydrogen-bond acceptors (Lipinski definition) is 5. The summed E-state index contributed by atoms with van der Waals surface area (Å²) in [6.45, 7) is 0.950. The number of hydrogen-bond donors (Lipinski definition) is 1. The van der Waals surface area contributed by atoms with Crippen LogP contribution in [-0.4, -0.2) is 27.8 Å². The Kier molecular flexibility index (Phi) is 4.09. The summed E-state index contributed by atoms with van der Waals surface area (Å²) in [6, 6.07) is 9.05. The van der Waals surface area contributed by atoms with Crippen molar-refractivity contribution in [3.05, 3.63) is 36.0 Å². The Bertz CT molecular complexity index is 666. The molecule has 2 aliphatic rings. The Labute approximate surface area is 137 Å². The van der Waals surface area contributed by atoms with Gasteiger partial charge < -0.3 is 10.2 Å².